The van der Waals surface area contributed by atoms with E-state index in [1.807, 2.05) is 0 Å². The molecule has 0 spiro atoms. The monoisotopic (exact) mass is 309 g/mol. The van der Waals surface area contributed by atoms with Crippen molar-refractivity contribution < 1.29 is 18.3 Å². The molecule has 1 aromatic carbocycles. The first kappa shape index (κ1) is 17.2. The Bertz CT molecular complexity index is 683. The van der Waals surface area contributed by atoms with Crippen molar-refractivity contribution >= 4 is 15.7 Å². The van der Waals surface area contributed by atoms with E-state index in [1.54, 1.807) is 32.2 Å². The van der Waals surface area contributed by atoms with E-state index in [0.717, 1.165) is 11.8 Å². The van der Waals surface area contributed by atoms with Gasteiger partial charge < -0.3 is 10.0 Å². The highest BCUT2D eigenvalue weighted by molar-refractivity contribution is 7.90. The zero-order chi connectivity index (χ0) is 16.0. The molecule has 0 aliphatic carbocycles. The molecule has 1 N–H and O–H groups in total. The summed E-state index contributed by atoms with van der Waals surface area (Å²) in [5, 5.41) is 8.69. The normalized spacial score (nSPS) is 10.7. The van der Waals surface area contributed by atoms with Crippen LogP contribution in [-0.4, -0.2) is 56.5 Å². The van der Waals surface area contributed by atoms with Gasteiger partial charge in [-0.3, -0.25) is 4.79 Å². The number of carbonyl (C=O) groups is 1. The van der Waals surface area contributed by atoms with Crippen LogP contribution in [0.25, 0.3) is 0 Å². The molecule has 1 amide bonds. The summed E-state index contributed by atoms with van der Waals surface area (Å²) in [7, 11) is -1.54. The average Bonchev–Trinajstić information content (AvgIpc) is 2.42. The Morgan fingerprint density at radius 3 is 2.62 bits per heavy atom. The molecule has 0 unspecified atom stereocenters. The van der Waals surface area contributed by atoms with Crippen LogP contribution in [0.5, 0.6) is 0 Å². The van der Waals surface area contributed by atoms with Crippen LogP contribution in [0.3, 0.4) is 0 Å². The van der Waals surface area contributed by atoms with E-state index in [1.165, 1.54) is 4.90 Å². The van der Waals surface area contributed by atoms with Crippen LogP contribution >= 0.6 is 0 Å². The van der Waals surface area contributed by atoms with Crippen LogP contribution in [-0.2, 0) is 9.84 Å². The van der Waals surface area contributed by atoms with Gasteiger partial charge in [-0.1, -0.05) is 17.9 Å². The van der Waals surface area contributed by atoms with Crippen LogP contribution in [0.2, 0.25) is 0 Å². The molecule has 0 fully saturated rings. The van der Waals surface area contributed by atoms with Crippen molar-refractivity contribution in [1.29, 1.82) is 0 Å². The summed E-state index contributed by atoms with van der Waals surface area (Å²) in [6.45, 7) is 1.70. The number of benzene rings is 1. The SMILES string of the molecule is Cc1ccc(C#CCO)cc1C(=O)N(C)CCS(C)(=O)=O. The number of carbonyl (C=O) groups excluding carboxylic acids is 1. The second-order valence-corrected chi connectivity index (χ2v) is 7.11. The minimum atomic E-state index is -3.11. The highest BCUT2D eigenvalue weighted by atomic mass is 32.2. The van der Waals surface area contributed by atoms with E-state index >= 15 is 0 Å². The van der Waals surface area contributed by atoms with Gasteiger partial charge in [0.25, 0.3) is 5.91 Å². The zero-order valence-electron chi connectivity index (χ0n) is 12.4. The highest BCUT2D eigenvalue weighted by Gasteiger charge is 2.16. The second-order valence-electron chi connectivity index (χ2n) is 4.85. The van der Waals surface area contributed by atoms with E-state index in [2.05, 4.69) is 11.8 Å². The molecule has 0 saturated carbocycles. The third kappa shape index (κ3) is 5.58. The van der Waals surface area contributed by atoms with E-state index in [-0.39, 0.29) is 24.8 Å². The van der Waals surface area contributed by atoms with Gasteiger partial charge in [-0.05, 0) is 24.6 Å². The van der Waals surface area contributed by atoms with Gasteiger partial charge in [0.15, 0.2) is 0 Å². The molecule has 0 bridgehead atoms. The van der Waals surface area contributed by atoms with Gasteiger partial charge in [0.1, 0.15) is 16.4 Å². The molecule has 5 nitrogen and oxygen atoms in total. The van der Waals surface area contributed by atoms with Crippen molar-refractivity contribution in [3.8, 4) is 11.8 Å². The number of hydrogen-bond donors (Lipinski definition) is 1. The fraction of sp³-hybridized carbons (Fsp3) is 0.400. The molecule has 6 heteroatoms. The Labute approximate surface area is 125 Å². The first-order valence-electron chi connectivity index (χ1n) is 6.38. The van der Waals surface area contributed by atoms with E-state index in [4.69, 9.17) is 5.11 Å². The van der Waals surface area contributed by atoms with Gasteiger partial charge in [-0.15, -0.1) is 0 Å². The lowest BCUT2D eigenvalue weighted by Gasteiger charge is -2.18. The zero-order valence-corrected chi connectivity index (χ0v) is 13.2. The van der Waals surface area contributed by atoms with Gasteiger partial charge in [-0.2, -0.15) is 0 Å². The summed E-state index contributed by atoms with van der Waals surface area (Å²) in [5.41, 5.74) is 1.91. The van der Waals surface area contributed by atoms with Crippen molar-refractivity contribution in [3.05, 3.63) is 34.9 Å². The number of nitrogens with zero attached hydrogens (tertiary/aromatic N) is 1. The molecule has 0 radical (unpaired) electrons. The first-order valence-corrected chi connectivity index (χ1v) is 8.44. The Morgan fingerprint density at radius 1 is 1.38 bits per heavy atom. The Hall–Kier alpha value is -1.84. The van der Waals surface area contributed by atoms with Gasteiger partial charge in [0.2, 0.25) is 0 Å². The minimum Gasteiger partial charge on any atom is -0.384 e. The van der Waals surface area contributed by atoms with Crippen LogP contribution in [0, 0.1) is 18.8 Å². The molecule has 1 aromatic rings. The molecule has 0 aromatic heterocycles. The van der Waals surface area contributed by atoms with Gasteiger partial charge in [-0.25, -0.2) is 8.42 Å². The summed E-state index contributed by atoms with van der Waals surface area (Å²) in [6, 6.07) is 5.20. The molecule has 21 heavy (non-hydrogen) atoms. The highest BCUT2D eigenvalue weighted by Crippen LogP contribution is 2.13. The number of amides is 1. The van der Waals surface area contributed by atoms with Crippen molar-refractivity contribution in [2.45, 2.75) is 6.92 Å². The maximum atomic E-state index is 12.3. The van der Waals surface area contributed by atoms with Gasteiger partial charge >= 0.3 is 0 Å². The summed E-state index contributed by atoms with van der Waals surface area (Å²) in [4.78, 5) is 13.7. The fourth-order valence-corrected chi connectivity index (χ4v) is 2.29. The standard InChI is InChI=1S/C15H19NO4S/c1-12-6-7-13(5-4-9-17)11-14(12)15(18)16(2)8-10-21(3,19)20/h6-7,11,17H,8-10H2,1-3H3. The smallest absolute Gasteiger partial charge is 0.253 e. The lowest BCUT2D eigenvalue weighted by molar-refractivity contribution is 0.0802. The predicted molar refractivity (Wildman–Crippen MR) is 81.8 cm³/mol. The first-order chi connectivity index (χ1) is 9.74. The molecule has 114 valence electrons. The number of aryl methyl sites for hydroxylation is 1. The molecule has 0 aliphatic heterocycles. The van der Waals surface area contributed by atoms with Crippen molar-refractivity contribution in [2.24, 2.45) is 0 Å². The summed E-state index contributed by atoms with van der Waals surface area (Å²) >= 11 is 0. The van der Waals surface area contributed by atoms with E-state index < -0.39 is 9.84 Å². The number of rotatable bonds is 4. The van der Waals surface area contributed by atoms with Crippen LogP contribution in [0.15, 0.2) is 18.2 Å². The summed E-state index contributed by atoms with van der Waals surface area (Å²) in [5.74, 6) is 4.95. The Balaban J connectivity index is 2.95. The third-order valence-corrected chi connectivity index (χ3v) is 3.85. The number of hydrogen-bond acceptors (Lipinski definition) is 4. The molecule has 0 aliphatic rings. The van der Waals surface area contributed by atoms with Crippen LogP contribution in [0.4, 0.5) is 0 Å². The van der Waals surface area contributed by atoms with E-state index in [9.17, 15) is 13.2 Å². The van der Waals surface area contributed by atoms with Crippen molar-refractivity contribution in [2.75, 3.05) is 32.2 Å². The molecular weight excluding hydrogens is 290 g/mol. The second kappa shape index (κ2) is 7.25. The summed E-state index contributed by atoms with van der Waals surface area (Å²) < 4.78 is 22.3. The summed E-state index contributed by atoms with van der Waals surface area (Å²) in [6.07, 6.45) is 1.14. The molecule has 0 saturated heterocycles. The topological polar surface area (TPSA) is 74.7 Å². The lowest BCUT2D eigenvalue weighted by atomic mass is 10.0. The third-order valence-electron chi connectivity index (χ3n) is 2.92. The van der Waals surface area contributed by atoms with Crippen molar-refractivity contribution in [3.63, 3.8) is 0 Å². The molecule has 1 rings (SSSR count). The number of sulfone groups is 1. The molecule has 0 heterocycles. The largest absolute Gasteiger partial charge is 0.384 e. The average molecular weight is 309 g/mol. The Kier molecular flexibility index (Phi) is 5.94. The predicted octanol–water partition coefficient (Wildman–Crippen LogP) is 0.455. The number of aliphatic hydroxyl groups is 1. The fourth-order valence-electron chi connectivity index (χ4n) is 1.68. The maximum Gasteiger partial charge on any atom is 0.253 e. The van der Waals surface area contributed by atoms with E-state index in [0.29, 0.717) is 11.1 Å². The minimum absolute atomic E-state index is 0.0711. The van der Waals surface area contributed by atoms with Gasteiger partial charge in [0.05, 0.1) is 5.75 Å². The number of aliphatic hydroxyl groups excluding tert-OH is 1. The van der Waals surface area contributed by atoms with Crippen LogP contribution in [0.1, 0.15) is 21.5 Å². The maximum absolute atomic E-state index is 12.3. The molecule has 0 atom stereocenters. The quantitative estimate of drug-likeness (QED) is 0.820. The van der Waals surface area contributed by atoms with Crippen LogP contribution < -0.4 is 0 Å². The Morgan fingerprint density at radius 2 is 2.05 bits per heavy atom. The molecular formula is C15H19NO4S. The lowest BCUT2D eigenvalue weighted by Crippen LogP contribution is -2.31. The van der Waals surface area contributed by atoms with Gasteiger partial charge in [0, 0.05) is 31.0 Å². The van der Waals surface area contributed by atoms with Crippen molar-refractivity contribution in [1.82, 2.24) is 4.90 Å².